The van der Waals surface area contributed by atoms with Crippen molar-refractivity contribution in [1.82, 2.24) is 9.13 Å². The van der Waals surface area contributed by atoms with Gasteiger partial charge in [-0.3, -0.25) is 0 Å². The Morgan fingerprint density at radius 1 is 0.649 bits per heavy atom. The number of hydrogen-bond donors (Lipinski definition) is 0. The third-order valence-corrected chi connectivity index (χ3v) is 8.18. The summed E-state index contributed by atoms with van der Waals surface area (Å²) < 4.78 is 17.5. The van der Waals surface area contributed by atoms with Crippen LogP contribution in [0.4, 0.5) is 0 Å². The van der Waals surface area contributed by atoms with Gasteiger partial charge in [-0.05, 0) is 75.6 Å². The first-order valence-electron chi connectivity index (χ1n) is 12.9. The Bertz CT molecular complexity index is 1770. The number of para-hydroxylation sites is 2. The van der Waals surface area contributed by atoms with Crippen molar-refractivity contribution in [2.45, 2.75) is 38.9 Å². The van der Waals surface area contributed by atoms with Gasteiger partial charge in [-0.1, -0.05) is 54.6 Å². The van der Waals surface area contributed by atoms with Crippen LogP contribution in [-0.4, -0.2) is 27.5 Å². The van der Waals surface area contributed by atoms with Gasteiger partial charge in [0, 0.05) is 33.7 Å². The summed E-state index contributed by atoms with van der Waals surface area (Å²) in [5.74, 6) is 0. The molecule has 37 heavy (non-hydrogen) atoms. The summed E-state index contributed by atoms with van der Waals surface area (Å²) in [4.78, 5) is 0. The van der Waals surface area contributed by atoms with Crippen molar-refractivity contribution in [2.24, 2.45) is 0 Å². The molecule has 7 rings (SSSR count). The number of hydrogen-bond acceptors (Lipinski definition) is 2. The van der Waals surface area contributed by atoms with Crippen LogP contribution in [-0.2, 0) is 9.31 Å². The van der Waals surface area contributed by atoms with E-state index in [1.165, 1.54) is 27.2 Å². The number of nitrogens with zero attached hydrogens (tertiary/aromatic N) is 2. The van der Waals surface area contributed by atoms with Crippen molar-refractivity contribution in [1.29, 1.82) is 0 Å². The summed E-state index contributed by atoms with van der Waals surface area (Å²) in [6, 6.07) is 34.4. The summed E-state index contributed by atoms with van der Waals surface area (Å²) in [7, 11) is -0.412. The maximum absolute atomic E-state index is 6.43. The first kappa shape index (κ1) is 22.4. The molecule has 0 atom stereocenters. The normalized spacial score (nSPS) is 16.8. The minimum absolute atomic E-state index is 0.389. The Hall–Kier alpha value is -3.80. The van der Waals surface area contributed by atoms with Gasteiger partial charge in [-0.15, -0.1) is 0 Å². The molecular weight excluding hydrogens is 455 g/mol. The van der Waals surface area contributed by atoms with E-state index in [4.69, 9.17) is 9.31 Å². The molecule has 5 heteroatoms. The van der Waals surface area contributed by atoms with E-state index < -0.39 is 7.12 Å². The van der Waals surface area contributed by atoms with E-state index in [9.17, 15) is 0 Å². The lowest BCUT2D eigenvalue weighted by molar-refractivity contribution is 0.00578. The molecule has 2 aromatic heterocycles. The number of aromatic nitrogens is 2. The van der Waals surface area contributed by atoms with Crippen LogP contribution in [0.25, 0.3) is 44.1 Å². The summed E-state index contributed by atoms with van der Waals surface area (Å²) in [6.45, 7) is 8.40. The van der Waals surface area contributed by atoms with Crippen LogP contribution in [0, 0.1) is 0 Å². The molecule has 0 saturated carbocycles. The van der Waals surface area contributed by atoms with Crippen LogP contribution in [0.2, 0.25) is 0 Å². The fraction of sp³-hybridized carbons (Fsp3) is 0.188. The van der Waals surface area contributed by atoms with Crippen molar-refractivity contribution in [3.8, 4) is 11.4 Å². The first-order chi connectivity index (χ1) is 17.8. The van der Waals surface area contributed by atoms with E-state index in [2.05, 4.69) is 140 Å². The predicted molar refractivity (Wildman–Crippen MR) is 153 cm³/mol. The Labute approximate surface area is 217 Å². The fourth-order valence-electron chi connectivity index (χ4n) is 5.54. The van der Waals surface area contributed by atoms with Crippen molar-refractivity contribution in [3.63, 3.8) is 0 Å². The molecule has 0 radical (unpaired) electrons. The number of rotatable bonds is 3. The molecule has 1 fully saturated rings. The molecule has 1 aliphatic rings. The second-order valence-corrected chi connectivity index (χ2v) is 11.0. The Balaban J connectivity index is 1.56. The van der Waals surface area contributed by atoms with Gasteiger partial charge in [0.1, 0.15) is 0 Å². The fourth-order valence-corrected chi connectivity index (χ4v) is 5.54. The molecule has 0 aliphatic carbocycles. The standard InChI is InChI=1S/C32H29BN2O2/c1-31(2)32(3,4)37-33(36-31)23-16-18-27-26(21-23)29-28(35(27)25-13-9-6-10-14-25)17-15-22-19-20-34(30(22)29)24-11-7-5-8-12-24/h5-21H,1-4H3. The van der Waals surface area contributed by atoms with E-state index >= 15 is 0 Å². The highest BCUT2D eigenvalue weighted by atomic mass is 16.7. The lowest BCUT2D eigenvalue weighted by Gasteiger charge is -2.32. The largest absolute Gasteiger partial charge is 0.494 e. The van der Waals surface area contributed by atoms with Crippen LogP contribution in [0.1, 0.15) is 27.7 Å². The highest BCUT2D eigenvalue weighted by Gasteiger charge is 2.51. The molecule has 0 spiro atoms. The van der Waals surface area contributed by atoms with Crippen LogP contribution in [0.5, 0.6) is 0 Å². The smallest absolute Gasteiger partial charge is 0.399 e. The highest BCUT2D eigenvalue weighted by Crippen LogP contribution is 2.40. The lowest BCUT2D eigenvalue weighted by Crippen LogP contribution is -2.41. The minimum Gasteiger partial charge on any atom is -0.399 e. The highest BCUT2D eigenvalue weighted by molar-refractivity contribution is 6.62. The molecule has 1 aliphatic heterocycles. The predicted octanol–water partition coefficient (Wildman–Crippen LogP) is 7.03. The maximum atomic E-state index is 6.43. The van der Waals surface area contributed by atoms with Crippen molar-refractivity contribution < 1.29 is 9.31 Å². The third kappa shape index (κ3) is 3.31. The molecule has 0 bridgehead atoms. The zero-order chi connectivity index (χ0) is 25.4. The zero-order valence-electron chi connectivity index (χ0n) is 21.6. The monoisotopic (exact) mass is 484 g/mol. The van der Waals surface area contributed by atoms with Crippen molar-refractivity contribution >= 4 is 45.3 Å². The van der Waals surface area contributed by atoms with Crippen LogP contribution < -0.4 is 5.46 Å². The number of benzene rings is 4. The van der Waals surface area contributed by atoms with Gasteiger partial charge in [0.15, 0.2) is 0 Å². The molecule has 0 unspecified atom stereocenters. The molecule has 1 saturated heterocycles. The summed E-state index contributed by atoms with van der Waals surface area (Å²) in [5, 5.41) is 3.63. The van der Waals surface area contributed by atoms with E-state index in [1.807, 2.05) is 0 Å². The Kier molecular flexibility index (Phi) is 4.75. The SMILES string of the molecule is CC1(C)OB(c2ccc3c(c2)c2c4c(ccc2n3-c2ccccc2)ccn4-c2ccccc2)OC1(C)C. The van der Waals surface area contributed by atoms with Crippen LogP contribution >= 0.6 is 0 Å². The van der Waals surface area contributed by atoms with E-state index in [1.54, 1.807) is 0 Å². The Morgan fingerprint density at radius 2 is 1.27 bits per heavy atom. The van der Waals surface area contributed by atoms with Gasteiger partial charge in [0.2, 0.25) is 0 Å². The van der Waals surface area contributed by atoms with Gasteiger partial charge in [0.25, 0.3) is 0 Å². The minimum atomic E-state index is -0.412. The average Bonchev–Trinajstić information content (AvgIpc) is 3.53. The summed E-state index contributed by atoms with van der Waals surface area (Å²) >= 11 is 0. The topological polar surface area (TPSA) is 28.3 Å². The van der Waals surface area contributed by atoms with E-state index in [0.717, 1.165) is 22.4 Å². The van der Waals surface area contributed by atoms with E-state index in [-0.39, 0.29) is 11.2 Å². The summed E-state index contributed by atoms with van der Waals surface area (Å²) in [5.41, 5.74) is 6.09. The Morgan fingerprint density at radius 3 is 1.95 bits per heavy atom. The van der Waals surface area contributed by atoms with Gasteiger partial charge >= 0.3 is 7.12 Å². The molecule has 3 heterocycles. The lowest BCUT2D eigenvalue weighted by atomic mass is 9.78. The van der Waals surface area contributed by atoms with Crippen molar-refractivity contribution in [3.05, 3.63) is 103 Å². The molecule has 6 aromatic rings. The molecule has 0 N–H and O–H groups in total. The van der Waals surface area contributed by atoms with Crippen LogP contribution in [0.15, 0.2) is 103 Å². The second kappa shape index (κ2) is 7.85. The van der Waals surface area contributed by atoms with Gasteiger partial charge < -0.3 is 18.4 Å². The van der Waals surface area contributed by atoms with Gasteiger partial charge in [0.05, 0.1) is 27.8 Å². The van der Waals surface area contributed by atoms with Crippen molar-refractivity contribution in [2.75, 3.05) is 0 Å². The molecule has 0 amide bonds. The number of fused-ring (bicyclic) bond motifs is 5. The average molecular weight is 484 g/mol. The quantitative estimate of drug-likeness (QED) is 0.253. The maximum Gasteiger partial charge on any atom is 0.494 e. The summed E-state index contributed by atoms with van der Waals surface area (Å²) in [6.07, 6.45) is 2.17. The van der Waals surface area contributed by atoms with Gasteiger partial charge in [-0.25, -0.2) is 0 Å². The molecule has 4 aromatic carbocycles. The van der Waals surface area contributed by atoms with Crippen LogP contribution in [0.3, 0.4) is 0 Å². The van der Waals surface area contributed by atoms with Gasteiger partial charge in [-0.2, -0.15) is 0 Å². The molecule has 4 nitrogen and oxygen atoms in total. The molecule has 182 valence electrons. The zero-order valence-corrected chi connectivity index (χ0v) is 21.6. The van der Waals surface area contributed by atoms with E-state index in [0.29, 0.717) is 0 Å². The third-order valence-electron chi connectivity index (χ3n) is 8.18. The molecular formula is C32H29BN2O2. The first-order valence-corrected chi connectivity index (χ1v) is 12.9. The second-order valence-electron chi connectivity index (χ2n) is 11.0.